The molecule has 27 heavy (non-hydrogen) atoms. The molecule has 0 bridgehead atoms. The Morgan fingerprint density at radius 2 is 1.48 bits per heavy atom. The van der Waals surface area contributed by atoms with E-state index < -0.39 is 11.7 Å². The van der Waals surface area contributed by atoms with E-state index in [1.807, 2.05) is 64.1 Å². The van der Waals surface area contributed by atoms with Gasteiger partial charge in [-0.3, -0.25) is 0 Å². The Morgan fingerprint density at radius 1 is 1.00 bits per heavy atom. The highest BCUT2D eigenvalue weighted by molar-refractivity contribution is 9.10. The Hall–Kier alpha value is -1.37. The van der Waals surface area contributed by atoms with Crippen molar-refractivity contribution >= 4 is 38.0 Å². The van der Waals surface area contributed by atoms with E-state index in [9.17, 15) is 4.79 Å². The number of benzene rings is 2. The minimum Gasteiger partial charge on any atom is -0.444 e. The predicted octanol–water partition coefficient (Wildman–Crippen LogP) is 6.00. The average molecular weight is 500 g/mol. The van der Waals surface area contributed by atoms with E-state index in [2.05, 4.69) is 44.1 Å². The molecule has 2 aromatic carbocycles. The first-order valence-corrected chi connectivity index (χ1v) is 10.3. The maximum atomic E-state index is 11.5. The number of rotatable bonds is 3. The average Bonchev–Trinajstić information content (AvgIpc) is 2.58. The second-order valence-electron chi connectivity index (χ2n) is 7.11. The molecule has 0 aliphatic carbocycles. The van der Waals surface area contributed by atoms with Crippen LogP contribution in [0.1, 0.15) is 43.0 Å². The van der Waals surface area contributed by atoms with Gasteiger partial charge < -0.3 is 15.8 Å². The normalized spacial score (nSPS) is 10.7. The van der Waals surface area contributed by atoms with Crippen molar-refractivity contribution in [2.75, 3.05) is 0 Å². The van der Waals surface area contributed by atoms with Crippen LogP contribution in [-0.2, 0) is 17.8 Å². The third kappa shape index (κ3) is 8.45. The summed E-state index contributed by atoms with van der Waals surface area (Å²) in [5.41, 5.74) is 9.68. The van der Waals surface area contributed by atoms with Crippen molar-refractivity contribution in [1.82, 2.24) is 5.32 Å². The van der Waals surface area contributed by atoms with E-state index >= 15 is 0 Å². The molecule has 1 amide bonds. The van der Waals surface area contributed by atoms with E-state index in [1.54, 1.807) is 0 Å². The van der Waals surface area contributed by atoms with Crippen LogP contribution in [0.15, 0.2) is 45.3 Å². The molecule has 2 aromatic rings. The molecule has 2 rings (SSSR count). The minimum absolute atomic E-state index is 0.392. The first kappa shape index (κ1) is 23.7. The summed E-state index contributed by atoms with van der Waals surface area (Å²) in [4.78, 5) is 11.5. The molecule has 0 saturated carbocycles. The number of nitrogens with two attached hydrogens (primary N) is 1. The Morgan fingerprint density at radius 3 is 1.93 bits per heavy atom. The van der Waals surface area contributed by atoms with Crippen molar-refractivity contribution in [3.63, 3.8) is 0 Å². The summed E-state index contributed by atoms with van der Waals surface area (Å²) in [6, 6.07) is 12.0. The Balaban J connectivity index is 0.000000309. The predicted molar refractivity (Wildman–Crippen MR) is 119 cm³/mol. The number of ether oxygens (including phenoxy) is 1. The van der Waals surface area contributed by atoms with Crippen LogP contribution in [0, 0.1) is 13.8 Å². The van der Waals surface area contributed by atoms with E-state index in [0.29, 0.717) is 13.1 Å². The summed E-state index contributed by atoms with van der Waals surface area (Å²) in [6.45, 7) is 10.7. The number of hydrogen-bond acceptors (Lipinski definition) is 3. The first-order valence-electron chi connectivity index (χ1n) is 8.70. The van der Waals surface area contributed by atoms with Gasteiger partial charge in [0.15, 0.2) is 0 Å². The van der Waals surface area contributed by atoms with Gasteiger partial charge >= 0.3 is 6.09 Å². The molecule has 0 spiro atoms. The summed E-state index contributed by atoms with van der Waals surface area (Å²) in [7, 11) is 0. The van der Waals surface area contributed by atoms with Gasteiger partial charge in [-0.25, -0.2) is 4.79 Å². The number of alkyl carbamates (subject to hydrolysis) is 1. The second kappa shape index (κ2) is 10.8. The fourth-order valence-corrected chi connectivity index (χ4v) is 3.01. The number of carbonyl (C=O) groups excluding carboxylic acids is 1. The number of halogens is 2. The standard InChI is InChI=1S/C13H18BrNO2.C8H10BrN/c1-9-10(6-5-7-11(9)14)8-15-12(16)17-13(2,3)4;1-6-7(5-10)3-2-4-8(6)9/h5-7H,8H2,1-4H3,(H,15,16);2-4H,5,10H2,1H3. The molecule has 0 saturated heterocycles. The molecule has 6 heteroatoms. The van der Waals surface area contributed by atoms with Gasteiger partial charge in [0, 0.05) is 22.0 Å². The molecule has 4 nitrogen and oxygen atoms in total. The third-order valence-corrected chi connectivity index (χ3v) is 5.52. The zero-order chi connectivity index (χ0) is 20.6. The van der Waals surface area contributed by atoms with Crippen LogP contribution < -0.4 is 11.1 Å². The van der Waals surface area contributed by atoms with E-state index in [-0.39, 0.29) is 0 Å². The molecule has 0 radical (unpaired) electrons. The zero-order valence-electron chi connectivity index (χ0n) is 16.5. The summed E-state index contributed by atoms with van der Waals surface area (Å²) in [5.74, 6) is 0. The number of amides is 1. The van der Waals surface area contributed by atoms with Gasteiger partial charge in [0.05, 0.1) is 0 Å². The van der Waals surface area contributed by atoms with Gasteiger partial charge in [0.2, 0.25) is 0 Å². The summed E-state index contributed by atoms with van der Waals surface area (Å²) in [6.07, 6.45) is -0.392. The zero-order valence-corrected chi connectivity index (χ0v) is 19.7. The van der Waals surface area contributed by atoms with Crippen LogP contribution in [0.4, 0.5) is 4.79 Å². The molecule has 0 unspecified atom stereocenters. The fraction of sp³-hybridized carbons (Fsp3) is 0.381. The molecule has 0 aliphatic heterocycles. The molecule has 0 aliphatic rings. The van der Waals surface area contributed by atoms with Gasteiger partial charge in [0.1, 0.15) is 5.60 Å². The highest BCUT2D eigenvalue weighted by Crippen LogP contribution is 2.19. The van der Waals surface area contributed by atoms with Crippen LogP contribution in [0.25, 0.3) is 0 Å². The SMILES string of the molecule is Cc1c(Br)cccc1CN.Cc1c(Br)cccc1CNC(=O)OC(C)(C)C. The fourth-order valence-electron chi connectivity index (χ4n) is 2.20. The van der Waals surface area contributed by atoms with E-state index in [0.717, 1.165) is 20.1 Å². The van der Waals surface area contributed by atoms with Gasteiger partial charge in [-0.15, -0.1) is 0 Å². The van der Waals surface area contributed by atoms with E-state index in [1.165, 1.54) is 11.1 Å². The lowest BCUT2D eigenvalue weighted by Crippen LogP contribution is -2.32. The van der Waals surface area contributed by atoms with Crippen LogP contribution in [0.5, 0.6) is 0 Å². The number of nitrogens with one attached hydrogen (secondary N) is 1. The van der Waals surface area contributed by atoms with Crippen molar-refractivity contribution in [3.8, 4) is 0 Å². The topological polar surface area (TPSA) is 64.3 Å². The highest BCUT2D eigenvalue weighted by Gasteiger charge is 2.15. The lowest BCUT2D eigenvalue weighted by molar-refractivity contribution is 0.0523. The van der Waals surface area contributed by atoms with Gasteiger partial charge in [0.25, 0.3) is 0 Å². The Bertz CT molecular complexity index is 771. The molecule has 148 valence electrons. The first-order chi connectivity index (χ1) is 12.5. The van der Waals surface area contributed by atoms with Gasteiger partial charge in [-0.2, -0.15) is 0 Å². The summed E-state index contributed by atoms with van der Waals surface area (Å²) in [5, 5.41) is 2.74. The maximum absolute atomic E-state index is 11.5. The third-order valence-electron chi connectivity index (χ3n) is 3.80. The summed E-state index contributed by atoms with van der Waals surface area (Å²) < 4.78 is 7.35. The highest BCUT2D eigenvalue weighted by atomic mass is 79.9. The molecular formula is C21H28Br2N2O2. The summed E-state index contributed by atoms with van der Waals surface area (Å²) >= 11 is 6.89. The van der Waals surface area contributed by atoms with Crippen molar-refractivity contribution in [1.29, 1.82) is 0 Å². The number of carbonyl (C=O) groups is 1. The monoisotopic (exact) mass is 498 g/mol. The lowest BCUT2D eigenvalue weighted by atomic mass is 10.1. The largest absolute Gasteiger partial charge is 0.444 e. The molecular weight excluding hydrogens is 472 g/mol. The van der Waals surface area contributed by atoms with Crippen LogP contribution in [0.2, 0.25) is 0 Å². The minimum atomic E-state index is -0.462. The van der Waals surface area contributed by atoms with E-state index in [4.69, 9.17) is 10.5 Å². The van der Waals surface area contributed by atoms with Gasteiger partial charge in [-0.1, -0.05) is 56.1 Å². The Kier molecular flexibility index (Phi) is 9.50. The molecule has 0 heterocycles. The molecule has 3 N–H and O–H groups in total. The van der Waals surface area contributed by atoms with Gasteiger partial charge in [-0.05, 0) is 69.0 Å². The van der Waals surface area contributed by atoms with Crippen molar-refractivity contribution in [3.05, 3.63) is 67.6 Å². The lowest BCUT2D eigenvalue weighted by Gasteiger charge is -2.20. The number of hydrogen-bond donors (Lipinski definition) is 2. The smallest absolute Gasteiger partial charge is 0.407 e. The molecule has 0 atom stereocenters. The Labute approximate surface area is 179 Å². The van der Waals surface area contributed by atoms with Crippen LogP contribution in [-0.4, -0.2) is 11.7 Å². The van der Waals surface area contributed by atoms with Crippen molar-refractivity contribution < 1.29 is 9.53 Å². The maximum Gasteiger partial charge on any atom is 0.407 e. The second-order valence-corrected chi connectivity index (χ2v) is 8.82. The van der Waals surface area contributed by atoms with Crippen molar-refractivity contribution in [2.45, 2.75) is 53.3 Å². The molecule has 0 aromatic heterocycles. The molecule has 0 fully saturated rings. The van der Waals surface area contributed by atoms with Crippen LogP contribution >= 0.6 is 31.9 Å². The van der Waals surface area contributed by atoms with Crippen LogP contribution in [0.3, 0.4) is 0 Å². The van der Waals surface area contributed by atoms with Crippen molar-refractivity contribution in [2.24, 2.45) is 5.73 Å². The quantitative estimate of drug-likeness (QED) is 0.544.